The van der Waals surface area contributed by atoms with Crippen molar-refractivity contribution in [2.24, 2.45) is 10.7 Å². The summed E-state index contributed by atoms with van der Waals surface area (Å²) in [5, 5.41) is 44.5. The van der Waals surface area contributed by atoms with E-state index in [2.05, 4.69) is 67.6 Å². The van der Waals surface area contributed by atoms with Crippen LogP contribution in [-0.4, -0.2) is 232 Å². The quantitative estimate of drug-likeness (QED) is 0.0475. The van der Waals surface area contributed by atoms with Crippen LogP contribution in [-0.2, 0) is 9.59 Å². The second-order valence-electron chi connectivity index (χ2n) is 23.9. The number of aliphatic imine (C=N–C) groups is 1. The van der Waals surface area contributed by atoms with Gasteiger partial charge < -0.3 is 21.7 Å². The lowest BCUT2D eigenvalue weighted by atomic mass is 10.1. The summed E-state index contributed by atoms with van der Waals surface area (Å²) in [4.78, 5) is 181. The van der Waals surface area contributed by atoms with Gasteiger partial charge in [0.1, 0.15) is 28.6 Å². The summed E-state index contributed by atoms with van der Waals surface area (Å²) in [6, 6.07) is 49.6. The SMILES string of the molecule is CN=C(N)NCCCN(C(=O)n1nnc2ccccc21)N1C(=O)c2ccccc2C1=O.CNC(=O)CCN(C(=O)n1nnc2ccccc21)N1C(=O)c2ccccc2C1=O.CNC(=O)CN(C(=O)n1nnc2ccccc21)N1C(=O)c2ccccc2C1=O.O=C1c2ccccc2C(=O)N1NC(=O)n1nnc2ccccc21. The van der Waals surface area contributed by atoms with Gasteiger partial charge in [0.15, 0.2) is 5.96 Å². The Bertz CT molecular complexity index is 5750. The number of likely N-dealkylation sites (N-methyl/N-ethyl adjacent to an activating group) is 1. The molecule has 0 unspecified atom stereocenters. The van der Waals surface area contributed by atoms with E-state index in [9.17, 15) is 67.1 Å². The number of amides is 14. The van der Waals surface area contributed by atoms with Crippen LogP contribution in [0.2, 0.25) is 0 Å². The minimum atomic E-state index is -0.855. The first-order valence-electron chi connectivity index (χ1n) is 33.5. The molecule has 4 aromatic heterocycles. The van der Waals surface area contributed by atoms with Crippen molar-refractivity contribution >= 4 is 133 Å². The number of aromatic nitrogens is 12. The van der Waals surface area contributed by atoms with E-state index in [4.69, 9.17) is 5.73 Å². The zero-order valence-electron chi connectivity index (χ0n) is 58.5. The number of carbonyl (C=O) groups excluding carboxylic acids is 14. The molecular weight excluding hydrogens is 1440 g/mol. The van der Waals surface area contributed by atoms with E-state index in [-0.39, 0.29) is 75.9 Å². The third kappa shape index (κ3) is 14.0. The Morgan fingerprint density at radius 1 is 0.378 bits per heavy atom. The number of guanidine groups is 1. The van der Waals surface area contributed by atoms with E-state index in [1.165, 1.54) is 50.5 Å². The molecule has 0 bridgehead atoms. The summed E-state index contributed by atoms with van der Waals surface area (Å²) in [7, 11) is 4.40. The molecule has 0 atom stereocenters. The molecule has 0 radical (unpaired) electrons. The number of nitrogens with one attached hydrogen (secondary N) is 4. The molecule has 0 saturated carbocycles. The number of imide groups is 4. The number of para-hydroxylation sites is 4. The molecule has 39 heteroatoms. The molecule has 16 rings (SSSR count). The van der Waals surface area contributed by atoms with Gasteiger partial charge in [-0.05, 0) is 103 Å². The Labute approximate surface area is 623 Å². The van der Waals surface area contributed by atoms with Crippen molar-refractivity contribution in [1.82, 2.24) is 116 Å². The van der Waals surface area contributed by atoms with Crippen LogP contribution in [0.3, 0.4) is 0 Å². The molecule has 4 aliphatic heterocycles. The number of fused-ring (bicyclic) bond motifs is 8. The lowest BCUT2D eigenvalue weighted by Gasteiger charge is -2.29. The average Bonchev–Trinajstić information content (AvgIpc) is 1.64. The van der Waals surface area contributed by atoms with Crippen LogP contribution >= 0.6 is 0 Å². The maximum absolute atomic E-state index is 13.4. The average molecular weight is 1500 g/mol. The third-order valence-electron chi connectivity index (χ3n) is 17.3. The van der Waals surface area contributed by atoms with Crippen molar-refractivity contribution in [3.8, 4) is 0 Å². The zero-order chi connectivity index (χ0) is 78.3. The normalized spacial score (nSPS) is 13.2. The summed E-state index contributed by atoms with van der Waals surface area (Å²) in [6.07, 6.45) is 0.282. The predicted molar refractivity (Wildman–Crippen MR) is 387 cm³/mol. The summed E-state index contributed by atoms with van der Waals surface area (Å²) < 4.78 is 4.03. The van der Waals surface area contributed by atoms with E-state index < -0.39 is 83.8 Å². The van der Waals surface area contributed by atoms with Crippen LogP contribution in [0.5, 0.6) is 0 Å². The Balaban J connectivity index is 0.000000130. The lowest BCUT2D eigenvalue weighted by molar-refractivity contribution is -0.123. The highest BCUT2D eigenvalue weighted by molar-refractivity contribution is 6.24. The van der Waals surface area contributed by atoms with Gasteiger partial charge >= 0.3 is 24.1 Å². The van der Waals surface area contributed by atoms with Crippen molar-refractivity contribution in [2.45, 2.75) is 12.8 Å². The molecular formula is C72H59N25O14. The van der Waals surface area contributed by atoms with Crippen molar-refractivity contribution in [1.29, 1.82) is 0 Å². The summed E-state index contributed by atoms with van der Waals surface area (Å²) >= 11 is 0. The van der Waals surface area contributed by atoms with Gasteiger partial charge in [-0.3, -0.25) is 52.9 Å². The van der Waals surface area contributed by atoms with Crippen LogP contribution in [0, 0.1) is 0 Å². The van der Waals surface area contributed by atoms with Gasteiger partial charge in [0.2, 0.25) is 11.8 Å². The number of nitrogens with two attached hydrogens (primary N) is 1. The predicted octanol–water partition coefficient (Wildman–Crippen LogP) is 3.74. The minimum Gasteiger partial charge on any atom is -0.370 e. The van der Waals surface area contributed by atoms with Crippen LogP contribution < -0.4 is 27.1 Å². The van der Waals surface area contributed by atoms with Gasteiger partial charge in [-0.25, -0.2) is 39.6 Å². The number of hydrazine groups is 4. The second-order valence-corrected chi connectivity index (χ2v) is 23.9. The summed E-state index contributed by atoms with van der Waals surface area (Å²) in [6.45, 7) is -0.302. The minimum absolute atomic E-state index is 0.0580. The monoisotopic (exact) mass is 1500 g/mol. The molecule has 12 aromatic rings. The fourth-order valence-corrected chi connectivity index (χ4v) is 11.9. The fourth-order valence-electron chi connectivity index (χ4n) is 11.9. The molecule has 6 N–H and O–H groups in total. The Hall–Kier alpha value is -16.0. The molecule has 0 aliphatic carbocycles. The fraction of sp³-hybridized carbons (Fsp3) is 0.125. The number of rotatable bonds is 13. The molecule has 0 fully saturated rings. The summed E-state index contributed by atoms with van der Waals surface area (Å²) in [5.41, 5.74) is 13.3. The molecule has 556 valence electrons. The van der Waals surface area contributed by atoms with Gasteiger partial charge in [-0.15, -0.1) is 20.4 Å². The van der Waals surface area contributed by atoms with Crippen molar-refractivity contribution < 1.29 is 67.1 Å². The molecule has 14 amide bonds. The van der Waals surface area contributed by atoms with Gasteiger partial charge in [0.25, 0.3) is 47.3 Å². The lowest BCUT2D eigenvalue weighted by Crippen LogP contribution is -2.54. The summed E-state index contributed by atoms with van der Waals surface area (Å²) in [5.74, 6) is -5.61. The third-order valence-corrected chi connectivity index (χ3v) is 17.3. The first-order chi connectivity index (χ1) is 53.7. The Morgan fingerprint density at radius 3 is 1.01 bits per heavy atom. The molecule has 8 heterocycles. The highest BCUT2D eigenvalue weighted by Crippen LogP contribution is 2.30. The van der Waals surface area contributed by atoms with Gasteiger partial charge in [0, 0.05) is 40.7 Å². The van der Waals surface area contributed by atoms with E-state index in [1.807, 2.05) is 0 Å². The highest BCUT2D eigenvalue weighted by atomic mass is 16.2. The topological polar surface area (TPSA) is 471 Å². The zero-order valence-corrected chi connectivity index (χ0v) is 58.5. The van der Waals surface area contributed by atoms with Crippen molar-refractivity contribution in [2.75, 3.05) is 47.3 Å². The number of nitrogens with zero attached hydrogens (tertiary/aromatic N) is 20. The van der Waals surface area contributed by atoms with Gasteiger partial charge in [0.05, 0.1) is 73.1 Å². The number of hydrogen-bond acceptors (Lipinski definition) is 23. The molecule has 4 aliphatic rings. The van der Waals surface area contributed by atoms with E-state index in [1.54, 1.807) is 165 Å². The first-order valence-corrected chi connectivity index (χ1v) is 33.5. The van der Waals surface area contributed by atoms with E-state index >= 15 is 0 Å². The standard InChI is InChI=1S/C20H20N8O3.C19H16N6O4.C18H14N6O4.C15H9N5O3/c1-22-19(21)23-11-6-12-26(20(31)27-16-10-5-4-9-15(16)24-25-27)28-17(29)13-7-2-3-8-14(13)18(28)30;1-20-16(26)10-11-23(19(29)24-15-9-5-4-8-14(15)21-22-24)25-17(27)12-6-2-3-7-13(12)18(25)28;1-19-15(25)10-22(18(28)23-14-9-5-4-8-13(14)20-21-23)24-16(26)11-6-2-3-7-12(11)17(24)27;21-13-9-5-1-2-6-10(9)14(22)20(13)17-15(23)19-12-8-4-3-7-11(12)16-18-19/h2-5,7-10H,6,11-12H2,1H3,(H3,21,22,23);2-9H,10-11H2,1H3,(H,20,26);2-9H,10H2,1H3,(H,19,25);1-8H,(H,17,23). The Morgan fingerprint density at radius 2 is 0.667 bits per heavy atom. The molecule has 39 nitrogen and oxygen atoms in total. The first kappa shape index (κ1) is 73.3. The maximum Gasteiger partial charge on any atom is 0.366 e. The number of carbonyl (C=O) groups is 14. The number of hydrogen-bond donors (Lipinski definition) is 5. The maximum atomic E-state index is 13.4. The Kier molecular flexibility index (Phi) is 20.7. The molecule has 0 saturated heterocycles. The van der Waals surface area contributed by atoms with E-state index in [0.29, 0.717) is 67.1 Å². The van der Waals surface area contributed by atoms with Crippen molar-refractivity contribution in [3.63, 3.8) is 0 Å². The van der Waals surface area contributed by atoms with Crippen molar-refractivity contribution in [3.05, 3.63) is 239 Å². The molecule has 111 heavy (non-hydrogen) atoms. The van der Waals surface area contributed by atoms with Crippen LogP contribution in [0.15, 0.2) is 199 Å². The van der Waals surface area contributed by atoms with Crippen LogP contribution in [0.4, 0.5) is 19.2 Å². The largest absolute Gasteiger partial charge is 0.370 e. The van der Waals surface area contributed by atoms with Gasteiger partial charge in [-0.1, -0.05) is 118 Å². The molecule has 0 spiro atoms. The second kappa shape index (κ2) is 31.4. The highest BCUT2D eigenvalue weighted by Gasteiger charge is 2.46. The number of benzene rings is 8. The van der Waals surface area contributed by atoms with Crippen LogP contribution in [0.25, 0.3) is 44.1 Å². The smallest absolute Gasteiger partial charge is 0.366 e. The van der Waals surface area contributed by atoms with Gasteiger partial charge in [-0.2, -0.15) is 38.8 Å². The van der Waals surface area contributed by atoms with E-state index in [0.717, 1.165) is 43.8 Å². The van der Waals surface area contributed by atoms with Crippen LogP contribution in [0.1, 0.15) is 95.7 Å². The molecule has 8 aromatic carbocycles.